The zero-order valence-corrected chi connectivity index (χ0v) is 20.8. The second-order valence-electron chi connectivity index (χ2n) is 8.71. The van der Waals surface area contributed by atoms with Gasteiger partial charge in [-0.1, -0.05) is 37.3 Å². The summed E-state index contributed by atoms with van der Waals surface area (Å²) >= 11 is 1.02. The smallest absolute Gasteiger partial charge is 0.417 e. The molecule has 1 N–H and O–H groups in total. The standard InChI is InChI=1S/C27H29F3N2O2S/c1-4-19-18-31-15-14-22(19)20-9-7-10-21(17-20)26(2,3)32(16-8-13-25(33)34)35-24-12-6-5-11-23(24)27(28,29)30/h5-7,9-12,14-15,17-18H,4,8,13,16H2,1-3H3,(H,33,34). The summed E-state index contributed by atoms with van der Waals surface area (Å²) in [7, 11) is 0. The van der Waals surface area contributed by atoms with Crippen LogP contribution in [0.3, 0.4) is 0 Å². The molecule has 1 heterocycles. The molecule has 0 radical (unpaired) electrons. The lowest BCUT2D eigenvalue weighted by atomic mass is 9.90. The Hall–Kier alpha value is -2.84. The Morgan fingerprint density at radius 3 is 2.51 bits per heavy atom. The second-order valence-corrected chi connectivity index (χ2v) is 9.77. The van der Waals surface area contributed by atoms with Crippen LogP contribution < -0.4 is 0 Å². The molecule has 0 saturated heterocycles. The number of nitrogens with zero attached hydrogens (tertiary/aromatic N) is 2. The molecule has 0 amide bonds. The van der Waals surface area contributed by atoms with Crippen LogP contribution in [0.15, 0.2) is 71.9 Å². The first kappa shape index (κ1) is 26.8. The fourth-order valence-corrected chi connectivity index (χ4v) is 5.13. The van der Waals surface area contributed by atoms with Gasteiger partial charge in [-0.2, -0.15) is 13.2 Å². The number of carboxylic acids is 1. The van der Waals surface area contributed by atoms with E-state index in [0.29, 0.717) is 13.0 Å². The molecular formula is C27H29F3N2O2S. The summed E-state index contributed by atoms with van der Waals surface area (Å²) in [6.07, 6.45) is 0.166. The van der Waals surface area contributed by atoms with E-state index in [1.165, 1.54) is 12.1 Å². The van der Waals surface area contributed by atoms with Crippen LogP contribution in [0.2, 0.25) is 0 Å². The lowest BCUT2D eigenvalue weighted by Gasteiger charge is -2.38. The Bertz CT molecular complexity index is 1160. The molecule has 3 rings (SSSR count). The maximum absolute atomic E-state index is 13.7. The van der Waals surface area contributed by atoms with Gasteiger partial charge in [0.2, 0.25) is 0 Å². The van der Waals surface area contributed by atoms with Crippen LogP contribution >= 0.6 is 11.9 Å². The van der Waals surface area contributed by atoms with Gasteiger partial charge in [-0.25, -0.2) is 4.31 Å². The summed E-state index contributed by atoms with van der Waals surface area (Å²) in [6.45, 7) is 6.26. The third kappa shape index (κ3) is 6.64. The Morgan fingerprint density at radius 2 is 1.83 bits per heavy atom. The van der Waals surface area contributed by atoms with Gasteiger partial charge >= 0.3 is 12.1 Å². The van der Waals surface area contributed by atoms with Crippen LogP contribution in [0.1, 0.15) is 50.3 Å². The molecule has 0 bridgehead atoms. The third-order valence-electron chi connectivity index (χ3n) is 5.94. The number of hydrogen-bond donors (Lipinski definition) is 1. The fourth-order valence-electron chi connectivity index (χ4n) is 3.91. The summed E-state index contributed by atoms with van der Waals surface area (Å²) in [5.41, 5.74) is 2.68. The van der Waals surface area contributed by atoms with E-state index in [9.17, 15) is 18.0 Å². The van der Waals surface area contributed by atoms with E-state index in [-0.39, 0.29) is 11.3 Å². The molecule has 0 aliphatic heterocycles. The normalized spacial score (nSPS) is 12.2. The van der Waals surface area contributed by atoms with E-state index in [1.54, 1.807) is 12.3 Å². The highest BCUT2D eigenvalue weighted by Crippen LogP contribution is 2.43. The van der Waals surface area contributed by atoms with Gasteiger partial charge in [0.05, 0.1) is 11.1 Å². The summed E-state index contributed by atoms with van der Waals surface area (Å²) < 4.78 is 42.9. The van der Waals surface area contributed by atoms with E-state index in [4.69, 9.17) is 5.11 Å². The predicted molar refractivity (Wildman–Crippen MR) is 133 cm³/mol. The minimum atomic E-state index is -4.49. The van der Waals surface area contributed by atoms with Crippen LogP contribution in [-0.2, 0) is 22.9 Å². The molecule has 35 heavy (non-hydrogen) atoms. The van der Waals surface area contributed by atoms with Gasteiger partial charge in [0.1, 0.15) is 0 Å². The predicted octanol–water partition coefficient (Wildman–Crippen LogP) is 7.44. The highest BCUT2D eigenvalue weighted by Gasteiger charge is 2.36. The van der Waals surface area contributed by atoms with Crippen LogP contribution in [0.25, 0.3) is 11.1 Å². The topological polar surface area (TPSA) is 53.4 Å². The maximum atomic E-state index is 13.7. The van der Waals surface area contributed by atoms with Crippen molar-refractivity contribution in [2.45, 2.75) is 56.6 Å². The molecule has 0 aliphatic carbocycles. The Labute approximate surface area is 208 Å². The molecule has 0 atom stereocenters. The van der Waals surface area contributed by atoms with Crippen molar-refractivity contribution in [2.75, 3.05) is 6.54 Å². The molecule has 0 fully saturated rings. The first-order valence-corrected chi connectivity index (χ1v) is 12.2. The van der Waals surface area contributed by atoms with E-state index >= 15 is 0 Å². The van der Waals surface area contributed by atoms with Crippen LogP contribution in [0.5, 0.6) is 0 Å². The van der Waals surface area contributed by atoms with Gasteiger partial charge in [-0.3, -0.25) is 9.78 Å². The quantitative estimate of drug-likeness (QED) is 0.292. The lowest BCUT2D eigenvalue weighted by molar-refractivity contribution is -0.140. The number of benzene rings is 2. The summed E-state index contributed by atoms with van der Waals surface area (Å²) in [5.74, 6) is -0.935. The monoisotopic (exact) mass is 502 g/mol. The SMILES string of the molecule is CCc1cnccc1-c1cccc(C(C)(C)N(CCCC(=O)O)Sc2ccccc2C(F)(F)F)c1. The van der Waals surface area contributed by atoms with Crippen LogP contribution in [-0.4, -0.2) is 26.9 Å². The molecule has 0 saturated carbocycles. The molecule has 2 aromatic carbocycles. The number of alkyl halides is 3. The van der Waals surface area contributed by atoms with Crippen LogP contribution in [0, 0.1) is 0 Å². The van der Waals surface area contributed by atoms with Crippen molar-refractivity contribution in [3.63, 3.8) is 0 Å². The zero-order valence-electron chi connectivity index (χ0n) is 20.0. The van der Waals surface area contributed by atoms with Gasteiger partial charge in [-0.05, 0) is 85.2 Å². The van der Waals surface area contributed by atoms with E-state index < -0.39 is 23.2 Å². The average molecular weight is 503 g/mol. The molecule has 1 aromatic heterocycles. The minimum absolute atomic E-state index is 0.0645. The van der Waals surface area contributed by atoms with Crippen molar-refractivity contribution in [2.24, 2.45) is 0 Å². The summed E-state index contributed by atoms with van der Waals surface area (Å²) in [4.78, 5) is 15.4. The first-order valence-electron chi connectivity index (χ1n) is 11.4. The first-order chi connectivity index (χ1) is 16.5. The number of halogens is 3. The molecule has 3 aromatic rings. The van der Waals surface area contributed by atoms with Gasteiger partial charge in [0.25, 0.3) is 0 Å². The van der Waals surface area contributed by atoms with Crippen molar-refractivity contribution < 1.29 is 23.1 Å². The molecule has 0 aliphatic rings. The molecule has 0 unspecified atom stereocenters. The Balaban J connectivity index is 2.01. The highest BCUT2D eigenvalue weighted by atomic mass is 32.2. The van der Waals surface area contributed by atoms with E-state index in [1.807, 2.05) is 48.6 Å². The van der Waals surface area contributed by atoms with Gasteiger partial charge in [0.15, 0.2) is 0 Å². The number of carboxylic acid groups (broad SMARTS) is 1. The largest absolute Gasteiger partial charge is 0.481 e. The van der Waals surface area contributed by atoms with Gasteiger partial charge in [0, 0.05) is 30.3 Å². The van der Waals surface area contributed by atoms with Crippen LogP contribution in [0.4, 0.5) is 13.2 Å². The van der Waals surface area contributed by atoms with Gasteiger partial charge in [-0.15, -0.1) is 0 Å². The fraction of sp³-hybridized carbons (Fsp3) is 0.333. The number of pyridine rings is 1. The zero-order chi connectivity index (χ0) is 25.6. The minimum Gasteiger partial charge on any atom is -0.481 e. The maximum Gasteiger partial charge on any atom is 0.417 e. The van der Waals surface area contributed by atoms with E-state index in [2.05, 4.69) is 18.0 Å². The van der Waals surface area contributed by atoms with Crippen molar-refractivity contribution in [3.05, 3.63) is 83.7 Å². The molecule has 4 nitrogen and oxygen atoms in total. The lowest BCUT2D eigenvalue weighted by Crippen LogP contribution is -2.37. The highest BCUT2D eigenvalue weighted by molar-refractivity contribution is 7.97. The Kier molecular flexibility index (Phi) is 8.61. The molecule has 8 heteroatoms. The number of aliphatic carboxylic acids is 1. The third-order valence-corrected chi connectivity index (χ3v) is 7.35. The number of aromatic nitrogens is 1. The average Bonchev–Trinajstić information content (AvgIpc) is 2.83. The summed E-state index contributed by atoms with van der Waals surface area (Å²) in [5, 5.41) is 9.12. The number of aryl methyl sites for hydroxylation is 1. The number of carbonyl (C=O) groups is 1. The second kappa shape index (κ2) is 11.3. The van der Waals surface area contributed by atoms with Crippen molar-refractivity contribution in [3.8, 4) is 11.1 Å². The van der Waals surface area contributed by atoms with Crippen molar-refractivity contribution in [1.82, 2.24) is 9.29 Å². The summed E-state index contributed by atoms with van der Waals surface area (Å²) in [6, 6.07) is 15.4. The van der Waals surface area contributed by atoms with E-state index in [0.717, 1.165) is 46.7 Å². The van der Waals surface area contributed by atoms with Gasteiger partial charge < -0.3 is 5.11 Å². The van der Waals surface area contributed by atoms with Crippen molar-refractivity contribution >= 4 is 17.9 Å². The van der Waals surface area contributed by atoms with Crippen molar-refractivity contribution in [1.29, 1.82) is 0 Å². The number of hydrogen-bond acceptors (Lipinski definition) is 4. The molecular weight excluding hydrogens is 473 g/mol. The number of rotatable bonds is 10. The Morgan fingerprint density at radius 1 is 1.09 bits per heavy atom. The molecule has 0 spiro atoms. The molecule has 186 valence electrons.